The molecule has 94 valence electrons. The second kappa shape index (κ2) is 4.71. The summed E-state index contributed by atoms with van der Waals surface area (Å²) in [5.41, 5.74) is 5.97. The molecular formula is C12H19N3O2. The lowest BCUT2D eigenvalue weighted by atomic mass is 9.87. The van der Waals surface area contributed by atoms with Gasteiger partial charge in [0.05, 0.1) is 11.7 Å². The fraction of sp³-hybridized carbons (Fsp3) is 0.500. The average molecular weight is 237 g/mol. The number of rotatable bonds is 2. The minimum atomic E-state index is -0.597. The van der Waals surface area contributed by atoms with Crippen LogP contribution in [-0.4, -0.2) is 16.5 Å². The van der Waals surface area contributed by atoms with Crippen LogP contribution >= 0.6 is 0 Å². The first kappa shape index (κ1) is 13.4. The van der Waals surface area contributed by atoms with Crippen LogP contribution in [0.25, 0.3) is 0 Å². The molecule has 0 aliphatic carbocycles. The molecule has 0 unspecified atom stereocenters. The molecule has 3 N–H and O–H groups in total. The number of aromatic nitrogens is 1. The zero-order valence-corrected chi connectivity index (χ0v) is 10.7. The van der Waals surface area contributed by atoms with E-state index in [0.717, 1.165) is 0 Å². The molecule has 0 aliphatic rings. The van der Waals surface area contributed by atoms with Gasteiger partial charge in [0, 0.05) is 19.3 Å². The van der Waals surface area contributed by atoms with Gasteiger partial charge in [-0.2, -0.15) is 0 Å². The summed E-state index contributed by atoms with van der Waals surface area (Å²) < 4.78 is 1.40. The highest BCUT2D eigenvalue weighted by atomic mass is 16.2. The number of anilines is 1. The van der Waals surface area contributed by atoms with Gasteiger partial charge in [0.15, 0.2) is 0 Å². The van der Waals surface area contributed by atoms with Crippen LogP contribution in [0.5, 0.6) is 0 Å². The van der Waals surface area contributed by atoms with Crippen molar-refractivity contribution in [1.29, 1.82) is 0 Å². The zero-order valence-electron chi connectivity index (χ0n) is 10.7. The van der Waals surface area contributed by atoms with Crippen molar-refractivity contribution >= 4 is 11.6 Å². The van der Waals surface area contributed by atoms with E-state index < -0.39 is 6.04 Å². The van der Waals surface area contributed by atoms with Gasteiger partial charge >= 0.3 is 0 Å². The highest BCUT2D eigenvalue weighted by Gasteiger charge is 2.27. The van der Waals surface area contributed by atoms with Crippen molar-refractivity contribution in [3.63, 3.8) is 0 Å². The van der Waals surface area contributed by atoms with E-state index in [-0.39, 0.29) is 16.9 Å². The van der Waals surface area contributed by atoms with E-state index in [2.05, 4.69) is 5.32 Å². The van der Waals surface area contributed by atoms with Gasteiger partial charge in [-0.1, -0.05) is 20.8 Å². The van der Waals surface area contributed by atoms with Crippen LogP contribution in [0.4, 0.5) is 5.69 Å². The van der Waals surface area contributed by atoms with Gasteiger partial charge in [-0.15, -0.1) is 0 Å². The molecule has 1 aromatic heterocycles. The molecule has 0 aromatic carbocycles. The number of hydrogen-bond acceptors (Lipinski definition) is 3. The van der Waals surface area contributed by atoms with Crippen LogP contribution < -0.4 is 16.6 Å². The van der Waals surface area contributed by atoms with Crippen LogP contribution in [0.15, 0.2) is 23.1 Å². The van der Waals surface area contributed by atoms with Crippen molar-refractivity contribution in [1.82, 2.24) is 4.57 Å². The zero-order chi connectivity index (χ0) is 13.2. The minimum absolute atomic E-state index is 0.122. The van der Waals surface area contributed by atoms with Gasteiger partial charge in [0.1, 0.15) is 0 Å². The molecule has 17 heavy (non-hydrogen) atoms. The molecule has 0 bridgehead atoms. The fourth-order valence-corrected chi connectivity index (χ4v) is 1.28. The van der Waals surface area contributed by atoms with E-state index in [9.17, 15) is 9.59 Å². The summed E-state index contributed by atoms with van der Waals surface area (Å²) in [4.78, 5) is 23.0. The maximum atomic E-state index is 11.8. The quantitative estimate of drug-likeness (QED) is 0.794. The molecule has 0 spiro atoms. The summed E-state index contributed by atoms with van der Waals surface area (Å²) in [6.07, 6.45) is 1.57. The van der Waals surface area contributed by atoms with Crippen molar-refractivity contribution < 1.29 is 4.79 Å². The predicted octanol–water partition coefficient (Wildman–Crippen LogP) is 0.697. The molecular weight excluding hydrogens is 218 g/mol. The highest BCUT2D eigenvalue weighted by molar-refractivity contribution is 5.95. The van der Waals surface area contributed by atoms with Crippen LogP contribution in [0, 0.1) is 5.41 Å². The third-order valence-corrected chi connectivity index (χ3v) is 2.57. The normalized spacial score (nSPS) is 13.2. The Morgan fingerprint density at radius 3 is 2.47 bits per heavy atom. The lowest BCUT2D eigenvalue weighted by Crippen LogP contribution is -2.45. The first-order valence-electron chi connectivity index (χ1n) is 5.45. The third-order valence-electron chi connectivity index (χ3n) is 2.57. The first-order chi connectivity index (χ1) is 7.71. The summed E-state index contributed by atoms with van der Waals surface area (Å²) in [6, 6.07) is 2.37. The van der Waals surface area contributed by atoms with E-state index in [0.29, 0.717) is 5.69 Å². The maximum absolute atomic E-state index is 11.8. The van der Waals surface area contributed by atoms with Gasteiger partial charge in [-0.05, 0) is 11.5 Å². The second-order valence-electron chi connectivity index (χ2n) is 5.20. The Balaban J connectivity index is 2.82. The van der Waals surface area contributed by atoms with Crippen molar-refractivity contribution in [2.24, 2.45) is 18.2 Å². The number of aryl methyl sites for hydroxylation is 1. The number of nitrogens with zero attached hydrogens (tertiary/aromatic N) is 1. The number of carbonyl (C=O) groups is 1. The molecule has 1 rings (SSSR count). The van der Waals surface area contributed by atoms with E-state index in [1.165, 1.54) is 10.6 Å². The Morgan fingerprint density at radius 2 is 2.00 bits per heavy atom. The fourth-order valence-electron chi connectivity index (χ4n) is 1.28. The standard InChI is InChI=1S/C12H19N3O2/c1-12(2,3)10(13)11(17)14-8-5-6-9(16)15(4)7-8/h5-7,10H,13H2,1-4H3,(H,14,17)/t10-/m1/s1. The molecule has 0 saturated heterocycles. The van der Waals surface area contributed by atoms with Crippen LogP contribution in [0.3, 0.4) is 0 Å². The maximum Gasteiger partial charge on any atom is 0.250 e. The van der Waals surface area contributed by atoms with Crippen molar-refractivity contribution in [3.05, 3.63) is 28.7 Å². The van der Waals surface area contributed by atoms with Gasteiger partial charge in [-0.3, -0.25) is 9.59 Å². The number of nitrogens with one attached hydrogen (secondary N) is 1. The largest absolute Gasteiger partial charge is 0.323 e. The summed E-state index contributed by atoms with van der Waals surface area (Å²) >= 11 is 0. The Hall–Kier alpha value is -1.62. The highest BCUT2D eigenvalue weighted by Crippen LogP contribution is 2.18. The number of hydrogen-bond donors (Lipinski definition) is 2. The monoisotopic (exact) mass is 237 g/mol. The molecule has 1 amide bonds. The van der Waals surface area contributed by atoms with Crippen molar-refractivity contribution in [3.8, 4) is 0 Å². The Labute approximate surface area is 101 Å². The van der Waals surface area contributed by atoms with Crippen molar-refractivity contribution in [2.75, 3.05) is 5.32 Å². The summed E-state index contributed by atoms with van der Waals surface area (Å²) in [5.74, 6) is -0.254. The van der Waals surface area contributed by atoms with E-state index in [4.69, 9.17) is 5.73 Å². The summed E-state index contributed by atoms with van der Waals surface area (Å²) in [6.45, 7) is 5.70. The smallest absolute Gasteiger partial charge is 0.250 e. The molecule has 0 radical (unpaired) electrons. The molecule has 0 aliphatic heterocycles. The molecule has 0 fully saturated rings. The number of amides is 1. The summed E-state index contributed by atoms with van der Waals surface area (Å²) in [7, 11) is 1.63. The Morgan fingerprint density at radius 1 is 1.41 bits per heavy atom. The minimum Gasteiger partial charge on any atom is -0.323 e. The average Bonchev–Trinajstić information content (AvgIpc) is 2.21. The topological polar surface area (TPSA) is 77.1 Å². The van der Waals surface area contributed by atoms with Gasteiger partial charge < -0.3 is 15.6 Å². The van der Waals surface area contributed by atoms with Crippen LogP contribution in [0.1, 0.15) is 20.8 Å². The Kier molecular flexibility index (Phi) is 3.72. The summed E-state index contributed by atoms with van der Waals surface area (Å²) in [5, 5.41) is 2.69. The lowest BCUT2D eigenvalue weighted by Gasteiger charge is -2.25. The van der Waals surface area contributed by atoms with Crippen molar-refractivity contribution in [2.45, 2.75) is 26.8 Å². The molecule has 0 saturated carbocycles. The molecule has 5 nitrogen and oxygen atoms in total. The third kappa shape index (κ3) is 3.42. The number of nitrogens with two attached hydrogens (primary N) is 1. The second-order valence-corrected chi connectivity index (χ2v) is 5.20. The first-order valence-corrected chi connectivity index (χ1v) is 5.45. The molecule has 1 heterocycles. The van der Waals surface area contributed by atoms with E-state index >= 15 is 0 Å². The SMILES string of the molecule is Cn1cc(NC(=O)[C@@H](N)C(C)(C)C)ccc1=O. The lowest BCUT2D eigenvalue weighted by molar-refractivity contribution is -0.119. The molecule has 5 heteroatoms. The van der Waals surface area contributed by atoms with E-state index in [1.54, 1.807) is 19.3 Å². The van der Waals surface area contributed by atoms with Gasteiger partial charge in [0.25, 0.3) is 0 Å². The number of carbonyl (C=O) groups excluding carboxylic acids is 1. The molecule has 1 aromatic rings. The molecule has 1 atom stereocenters. The Bertz CT molecular complexity index is 471. The predicted molar refractivity (Wildman–Crippen MR) is 67.7 cm³/mol. The van der Waals surface area contributed by atoms with Crippen LogP contribution in [-0.2, 0) is 11.8 Å². The number of pyridine rings is 1. The van der Waals surface area contributed by atoms with E-state index in [1.807, 2.05) is 20.8 Å². The van der Waals surface area contributed by atoms with Gasteiger partial charge in [-0.25, -0.2) is 0 Å². The van der Waals surface area contributed by atoms with Gasteiger partial charge in [0.2, 0.25) is 11.5 Å². The van der Waals surface area contributed by atoms with Crippen LogP contribution in [0.2, 0.25) is 0 Å².